The average molecular weight is 884 g/mol. The van der Waals surface area contributed by atoms with Gasteiger partial charge in [-0.15, -0.1) is 0 Å². The Balaban J connectivity index is 1.09. The van der Waals surface area contributed by atoms with Crippen LogP contribution in [0.2, 0.25) is 0 Å². The minimum absolute atomic E-state index is 0.112. The molecule has 0 aromatic heterocycles. The maximum absolute atomic E-state index is 14.6. The number of carbonyl (C=O) groups excluding carboxylic acids is 2. The van der Waals surface area contributed by atoms with Gasteiger partial charge >= 0.3 is 5.97 Å². The van der Waals surface area contributed by atoms with Gasteiger partial charge in [-0.3, -0.25) is 4.79 Å². The van der Waals surface area contributed by atoms with E-state index in [1.165, 1.54) is 109 Å². The third kappa shape index (κ3) is 8.53. The van der Waals surface area contributed by atoms with Crippen LogP contribution in [0.15, 0.2) is 145 Å². The fourth-order valence-corrected chi connectivity index (χ4v) is 10.0. The zero-order valence-corrected chi connectivity index (χ0v) is 37.5. The highest BCUT2D eigenvalue weighted by molar-refractivity contribution is 6.26. The number of halogens is 3. The molecule has 1 atom stereocenters. The number of carbonyl (C=O) groups is 2. The monoisotopic (exact) mass is 883 g/mol. The van der Waals surface area contributed by atoms with E-state index in [1.54, 1.807) is 14.1 Å². The summed E-state index contributed by atoms with van der Waals surface area (Å²) < 4.78 is 55.2. The van der Waals surface area contributed by atoms with Gasteiger partial charge in [0.1, 0.15) is 29.9 Å². The SMILES string of the molecule is CCCCCCCCCC(Oc1ccc(COC(=O)/C(=C\N(C)C)C(=O)c2cc(F)c(F)cc2F)cc1)C1c2c(c3ccccc3c3ccccc23)-c2c1c1ccccc1c1ccccc21. The van der Waals surface area contributed by atoms with E-state index in [9.17, 15) is 22.8 Å². The highest BCUT2D eigenvalue weighted by Crippen LogP contribution is 2.58. The van der Waals surface area contributed by atoms with Crippen molar-refractivity contribution < 1.29 is 32.2 Å². The summed E-state index contributed by atoms with van der Waals surface area (Å²) in [6, 6.07) is 43.2. The maximum atomic E-state index is 14.6. The Morgan fingerprint density at radius 2 is 1.06 bits per heavy atom. The van der Waals surface area contributed by atoms with Crippen LogP contribution in [0.5, 0.6) is 5.75 Å². The highest BCUT2D eigenvalue weighted by atomic mass is 19.2. The van der Waals surface area contributed by atoms with Crippen molar-refractivity contribution in [2.24, 2.45) is 0 Å². The molecule has 1 unspecified atom stereocenters. The molecule has 0 spiro atoms. The molecule has 334 valence electrons. The first kappa shape index (κ1) is 44.3. The summed E-state index contributed by atoms with van der Waals surface area (Å²) in [5.74, 6) is -5.75. The summed E-state index contributed by atoms with van der Waals surface area (Å²) >= 11 is 0. The van der Waals surface area contributed by atoms with Crippen molar-refractivity contribution in [3.05, 3.63) is 185 Å². The molecule has 9 rings (SSSR count). The predicted octanol–water partition coefficient (Wildman–Crippen LogP) is 14.8. The van der Waals surface area contributed by atoms with Gasteiger partial charge in [0, 0.05) is 32.3 Å². The van der Waals surface area contributed by atoms with Gasteiger partial charge in [0.15, 0.2) is 11.6 Å². The average Bonchev–Trinajstić information content (AvgIpc) is 3.70. The summed E-state index contributed by atoms with van der Waals surface area (Å²) in [5, 5.41) is 9.77. The molecule has 0 heterocycles. The Kier molecular flexibility index (Phi) is 12.9. The minimum atomic E-state index is -1.44. The number of esters is 1. The van der Waals surface area contributed by atoms with E-state index < -0.39 is 40.3 Å². The van der Waals surface area contributed by atoms with Crippen molar-refractivity contribution in [1.29, 1.82) is 0 Å². The molecule has 8 aromatic rings. The minimum Gasteiger partial charge on any atom is -0.489 e. The second kappa shape index (κ2) is 19.3. The maximum Gasteiger partial charge on any atom is 0.343 e. The molecular weight excluding hydrogens is 832 g/mol. The van der Waals surface area contributed by atoms with Crippen LogP contribution in [0.4, 0.5) is 13.2 Å². The van der Waals surface area contributed by atoms with E-state index in [0.717, 1.165) is 19.3 Å². The Hall–Kier alpha value is -6.93. The van der Waals surface area contributed by atoms with Gasteiger partial charge < -0.3 is 14.4 Å². The standard InChI is InChI=1S/C58H52F3NO4/c1-4-5-6-7-8-9-10-27-51(66-37-30-28-36(29-31-37)35-65-58(64)47(34-62(2)3)57(63)46-32-49(60)50(61)33-48(46)59)56-54-44-25-17-13-21-40(44)38-19-11-15-23-42(38)52(54)53-43-24-16-12-20-39(43)41-22-14-18-26-45(41)55(53)56/h11-26,28-34,51,56H,4-10,27,35H2,1-3H3/b47-34-. The van der Waals surface area contributed by atoms with Crippen LogP contribution in [-0.2, 0) is 16.1 Å². The Bertz CT molecular complexity index is 3030. The highest BCUT2D eigenvalue weighted by Gasteiger charge is 2.41. The number of hydrogen-bond donors (Lipinski definition) is 0. The number of fused-ring (bicyclic) bond motifs is 13. The molecule has 1 aliphatic carbocycles. The van der Waals surface area contributed by atoms with E-state index in [1.807, 2.05) is 24.3 Å². The van der Waals surface area contributed by atoms with Gasteiger partial charge in [-0.1, -0.05) is 155 Å². The number of nitrogens with zero attached hydrogens (tertiary/aromatic N) is 1. The van der Waals surface area contributed by atoms with Gasteiger partial charge in [-0.2, -0.15) is 0 Å². The summed E-state index contributed by atoms with van der Waals surface area (Å²) in [6.07, 6.45) is 9.95. The summed E-state index contributed by atoms with van der Waals surface area (Å²) in [7, 11) is 3.14. The number of rotatable bonds is 17. The van der Waals surface area contributed by atoms with E-state index >= 15 is 0 Å². The van der Waals surface area contributed by atoms with Crippen LogP contribution in [0.25, 0.3) is 54.2 Å². The first-order valence-electron chi connectivity index (χ1n) is 23.0. The molecule has 5 nitrogen and oxygen atoms in total. The van der Waals surface area contributed by atoms with Crippen molar-refractivity contribution in [3.63, 3.8) is 0 Å². The van der Waals surface area contributed by atoms with Crippen LogP contribution in [0.1, 0.15) is 91.3 Å². The van der Waals surface area contributed by atoms with Gasteiger partial charge in [0.2, 0.25) is 5.78 Å². The van der Waals surface area contributed by atoms with Crippen molar-refractivity contribution in [1.82, 2.24) is 4.90 Å². The Morgan fingerprint density at radius 1 is 0.591 bits per heavy atom. The lowest BCUT2D eigenvalue weighted by Crippen LogP contribution is -2.26. The molecule has 1 aliphatic rings. The Labute approximate surface area is 383 Å². The van der Waals surface area contributed by atoms with Gasteiger partial charge in [-0.25, -0.2) is 18.0 Å². The van der Waals surface area contributed by atoms with E-state index in [0.29, 0.717) is 17.4 Å². The lowest BCUT2D eigenvalue weighted by molar-refractivity contribution is -0.139. The number of benzene rings is 8. The van der Waals surface area contributed by atoms with Crippen LogP contribution in [0, 0.1) is 17.5 Å². The third-order valence-electron chi connectivity index (χ3n) is 13.0. The number of ketones is 1. The third-order valence-corrected chi connectivity index (χ3v) is 13.0. The van der Waals surface area contributed by atoms with Crippen LogP contribution >= 0.6 is 0 Å². The lowest BCUT2D eigenvalue weighted by Gasteiger charge is -2.29. The smallest absolute Gasteiger partial charge is 0.343 e. The zero-order valence-electron chi connectivity index (χ0n) is 37.5. The molecule has 8 aromatic carbocycles. The number of hydrogen-bond acceptors (Lipinski definition) is 5. The summed E-state index contributed by atoms with van der Waals surface area (Å²) in [6.45, 7) is 2.03. The summed E-state index contributed by atoms with van der Waals surface area (Å²) in [5.41, 5.74) is 4.43. The second-order valence-corrected chi connectivity index (χ2v) is 17.6. The van der Waals surface area contributed by atoms with E-state index in [4.69, 9.17) is 9.47 Å². The quantitative estimate of drug-likeness (QED) is 0.0133. The molecule has 66 heavy (non-hydrogen) atoms. The molecule has 0 bridgehead atoms. The number of Topliss-reactive ketones (excluding diaryl/α,β-unsaturated/α-hetero) is 1. The van der Waals surface area contributed by atoms with Crippen LogP contribution < -0.4 is 4.74 Å². The molecule has 0 fully saturated rings. The van der Waals surface area contributed by atoms with Crippen molar-refractivity contribution in [2.75, 3.05) is 14.1 Å². The van der Waals surface area contributed by atoms with Gasteiger partial charge in [0.05, 0.1) is 5.56 Å². The molecule has 0 radical (unpaired) electrons. The topological polar surface area (TPSA) is 55.8 Å². The fourth-order valence-electron chi connectivity index (χ4n) is 10.0. The van der Waals surface area contributed by atoms with Crippen LogP contribution in [-0.4, -0.2) is 36.9 Å². The molecule has 8 heteroatoms. The molecule has 0 N–H and O–H groups in total. The zero-order chi connectivity index (χ0) is 45.9. The van der Waals surface area contributed by atoms with Gasteiger partial charge in [0.25, 0.3) is 0 Å². The van der Waals surface area contributed by atoms with Crippen molar-refractivity contribution in [2.45, 2.75) is 76.9 Å². The van der Waals surface area contributed by atoms with E-state index in [-0.39, 0.29) is 24.7 Å². The molecule has 0 saturated carbocycles. The Morgan fingerprint density at radius 3 is 1.59 bits per heavy atom. The molecule has 0 saturated heterocycles. The van der Waals surface area contributed by atoms with Gasteiger partial charge in [-0.05, 0) is 102 Å². The second-order valence-electron chi connectivity index (χ2n) is 17.6. The van der Waals surface area contributed by atoms with Crippen molar-refractivity contribution in [3.8, 4) is 16.9 Å². The molecule has 0 amide bonds. The number of unbranched alkanes of at least 4 members (excludes halogenated alkanes) is 6. The normalized spacial score (nSPS) is 13.0. The first-order valence-corrected chi connectivity index (χ1v) is 23.0. The lowest BCUT2D eigenvalue weighted by atomic mass is 9.82. The van der Waals surface area contributed by atoms with Crippen LogP contribution in [0.3, 0.4) is 0 Å². The van der Waals surface area contributed by atoms with Crippen molar-refractivity contribution >= 4 is 54.8 Å². The number of ether oxygens (including phenoxy) is 2. The molecular formula is C58H52F3NO4. The molecule has 0 aliphatic heterocycles. The summed E-state index contributed by atoms with van der Waals surface area (Å²) in [4.78, 5) is 28.1. The van der Waals surface area contributed by atoms with E-state index in [2.05, 4.69) is 104 Å². The largest absolute Gasteiger partial charge is 0.489 e. The predicted molar refractivity (Wildman–Crippen MR) is 259 cm³/mol. The fraction of sp³-hybridized carbons (Fsp3) is 0.241. The first-order chi connectivity index (χ1) is 32.1.